The van der Waals surface area contributed by atoms with Crippen LogP contribution in [-0.2, 0) is 0 Å². The molecule has 112 valence electrons. The van der Waals surface area contributed by atoms with Crippen molar-refractivity contribution in [3.63, 3.8) is 0 Å². The van der Waals surface area contributed by atoms with Crippen LogP contribution in [0.5, 0.6) is 11.5 Å². The van der Waals surface area contributed by atoms with E-state index in [0.29, 0.717) is 35.2 Å². The molecule has 0 heterocycles. The fourth-order valence-electron chi connectivity index (χ4n) is 1.57. The summed E-state index contributed by atoms with van der Waals surface area (Å²) in [4.78, 5) is 12.2. The van der Waals surface area contributed by atoms with Gasteiger partial charge in [0.2, 0.25) is 0 Å². The summed E-state index contributed by atoms with van der Waals surface area (Å²) < 4.78 is 10.6. The van der Waals surface area contributed by atoms with Crippen molar-refractivity contribution in [1.29, 1.82) is 0 Å². The molecule has 20 heavy (non-hydrogen) atoms. The Morgan fingerprint density at radius 1 is 1.45 bits per heavy atom. The average molecular weight is 301 g/mol. The van der Waals surface area contributed by atoms with Gasteiger partial charge >= 0.3 is 0 Å². The number of carbonyl (C=O) groups excluding carboxylic acids is 1. The molecule has 0 spiro atoms. The molecule has 3 N–H and O–H groups in total. The highest BCUT2D eigenvalue weighted by atomic mass is 35.5. The smallest absolute Gasteiger partial charge is 0.251 e. The van der Waals surface area contributed by atoms with E-state index in [1.165, 1.54) is 7.11 Å². The Labute approximate surface area is 124 Å². The van der Waals surface area contributed by atoms with E-state index in [0.717, 1.165) is 0 Å². The van der Waals surface area contributed by atoms with Crippen molar-refractivity contribution in [3.05, 3.63) is 22.7 Å². The van der Waals surface area contributed by atoms with Crippen molar-refractivity contribution in [2.24, 2.45) is 5.73 Å². The van der Waals surface area contributed by atoms with Crippen LogP contribution in [0.2, 0.25) is 5.02 Å². The summed E-state index contributed by atoms with van der Waals surface area (Å²) in [5.74, 6) is 0.602. The molecule has 6 heteroatoms. The van der Waals surface area contributed by atoms with Crippen LogP contribution >= 0.6 is 11.6 Å². The highest BCUT2D eigenvalue weighted by Gasteiger charge is 2.21. The number of nitrogens with two attached hydrogens (primary N) is 1. The van der Waals surface area contributed by atoms with Gasteiger partial charge in [-0.15, -0.1) is 0 Å². The number of carbonyl (C=O) groups is 1. The van der Waals surface area contributed by atoms with Gasteiger partial charge in [0, 0.05) is 17.6 Å². The summed E-state index contributed by atoms with van der Waals surface area (Å²) in [7, 11) is 1.50. The van der Waals surface area contributed by atoms with E-state index < -0.39 is 5.54 Å². The number of hydrogen-bond acceptors (Lipinski definition) is 4. The molecule has 0 aromatic heterocycles. The molecular weight excluding hydrogens is 280 g/mol. The van der Waals surface area contributed by atoms with Gasteiger partial charge in [0.1, 0.15) is 0 Å². The van der Waals surface area contributed by atoms with E-state index in [2.05, 4.69) is 5.32 Å². The molecule has 0 atom stereocenters. The van der Waals surface area contributed by atoms with Crippen molar-refractivity contribution < 1.29 is 14.3 Å². The molecule has 5 nitrogen and oxygen atoms in total. The third-order valence-electron chi connectivity index (χ3n) is 2.74. The van der Waals surface area contributed by atoms with Gasteiger partial charge in [-0.3, -0.25) is 4.79 Å². The van der Waals surface area contributed by atoms with Crippen molar-refractivity contribution in [2.45, 2.75) is 26.3 Å². The summed E-state index contributed by atoms with van der Waals surface area (Å²) in [6.07, 6.45) is 0. The quantitative estimate of drug-likeness (QED) is 0.845. The lowest BCUT2D eigenvalue weighted by Crippen LogP contribution is -2.48. The zero-order valence-electron chi connectivity index (χ0n) is 12.2. The van der Waals surface area contributed by atoms with Crippen molar-refractivity contribution in [3.8, 4) is 11.5 Å². The number of halogens is 1. The van der Waals surface area contributed by atoms with E-state index in [1.807, 2.05) is 20.8 Å². The molecule has 0 aliphatic rings. The maximum atomic E-state index is 12.2. The summed E-state index contributed by atoms with van der Waals surface area (Å²) in [5, 5.41) is 3.17. The largest absolute Gasteiger partial charge is 0.493 e. The molecule has 0 bridgehead atoms. The highest BCUT2D eigenvalue weighted by Crippen LogP contribution is 2.36. The van der Waals surface area contributed by atoms with Crippen molar-refractivity contribution >= 4 is 17.5 Å². The van der Waals surface area contributed by atoms with Crippen LogP contribution in [0.1, 0.15) is 31.1 Å². The average Bonchev–Trinajstić information content (AvgIpc) is 2.40. The Kier molecular flexibility index (Phi) is 5.65. The Balaban J connectivity index is 3.08. The number of rotatable bonds is 6. The third-order valence-corrected chi connectivity index (χ3v) is 3.02. The zero-order valence-corrected chi connectivity index (χ0v) is 13.0. The Hall–Kier alpha value is -1.46. The Morgan fingerprint density at radius 3 is 2.60 bits per heavy atom. The lowest BCUT2D eigenvalue weighted by Gasteiger charge is -2.24. The predicted octanol–water partition coefficient (Wildman–Crippen LogP) is 2.21. The molecule has 0 unspecified atom stereocenters. The second-order valence-corrected chi connectivity index (χ2v) is 5.37. The number of ether oxygens (including phenoxy) is 2. The number of amides is 1. The van der Waals surface area contributed by atoms with Gasteiger partial charge in [-0.05, 0) is 32.9 Å². The van der Waals surface area contributed by atoms with E-state index in [9.17, 15) is 4.79 Å². The molecule has 1 aromatic rings. The van der Waals surface area contributed by atoms with Crippen LogP contribution in [0.3, 0.4) is 0 Å². The van der Waals surface area contributed by atoms with Crippen LogP contribution in [0.4, 0.5) is 0 Å². The number of methoxy groups -OCH3 is 1. The second-order valence-electron chi connectivity index (χ2n) is 4.96. The number of hydrogen-bond donors (Lipinski definition) is 2. The van der Waals surface area contributed by atoms with Crippen LogP contribution in [-0.4, -0.2) is 31.7 Å². The molecule has 1 amide bonds. The van der Waals surface area contributed by atoms with Crippen LogP contribution in [0, 0.1) is 0 Å². The van der Waals surface area contributed by atoms with Gasteiger partial charge in [-0.2, -0.15) is 0 Å². The second kappa shape index (κ2) is 6.81. The minimum Gasteiger partial charge on any atom is -0.493 e. The summed E-state index contributed by atoms with van der Waals surface area (Å²) in [5.41, 5.74) is 5.51. The topological polar surface area (TPSA) is 73.6 Å². The lowest BCUT2D eigenvalue weighted by molar-refractivity contribution is 0.0915. The first-order valence-corrected chi connectivity index (χ1v) is 6.75. The number of benzene rings is 1. The van der Waals surface area contributed by atoms with Gasteiger partial charge in [0.15, 0.2) is 11.5 Å². The standard InChI is InChI=1S/C14H21ClN2O3/c1-5-20-12-10(15)6-9(7-11(12)19-4)13(18)17-14(2,3)8-16/h6-7H,5,8,16H2,1-4H3,(H,17,18). The van der Waals surface area contributed by atoms with Gasteiger partial charge in [0.05, 0.1) is 18.7 Å². The van der Waals surface area contributed by atoms with Crippen LogP contribution in [0.25, 0.3) is 0 Å². The molecule has 0 aliphatic carbocycles. The number of nitrogens with one attached hydrogen (secondary N) is 1. The molecule has 0 fully saturated rings. The maximum Gasteiger partial charge on any atom is 0.251 e. The summed E-state index contributed by atoms with van der Waals surface area (Å²) in [6.45, 7) is 6.33. The Bertz CT molecular complexity index is 490. The molecular formula is C14H21ClN2O3. The molecule has 0 radical (unpaired) electrons. The van der Waals surface area contributed by atoms with Crippen molar-refractivity contribution in [1.82, 2.24) is 5.32 Å². The fraction of sp³-hybridized carbons (Fsp3) is 0.500. The van der Waals surface area contributed by atoms with E-state index in [4.69, 9.17) is 26.8 Å². The monoisotopic (exact) mass is 300 g/mol. The van der Waals surface area contributed by atoms with Gasteiger partial charge in [-0.25, -0.2) is 0 Å². The summed E-state index contributed by atoms with van der Waals surface area (Å²) >= 11 is 6.13. The highest BCUT2D eigenvalue weighted by molar-refractivity contribution is 6.32. The zero-order chi connectivity index (χ0) is 15.3. The molecule has 0 aliphatic heterocycles. The fourth-order valence-corrected chi connectivity index (χ4v) is 1.83. The van der Waals surface area contributed by atoms with E-state index in [1.54, 1.807) is 12.1 Å². The van der Waals surface area contributed by atoms with E-state index >= 15 is 0 Å². The Morgan fingerprint density at radius 2 is 2.10 bits per heavy atom. The molecule has 0 saturated carbocycles. The summed E-state index contributed by atoms with van der Waals surface area (Å²) in [6, 6.07) is 3.15. The normalized spacial score (nSPS) is 11.1. The minimum atomic E-state index is -0.491. The van der Waals surface area contributed by atoms with Crippen molar-refractivity contribution in [2.75, 3.05) is 20.3 Å². The molecule has 0 saturated heterocycles. The van der Waals surface area contributed by atoms with Gasteiger partial charge < -0.3 is 20.5 Å². The lowest BCUT2D eigenvalue weighted by atomic mass is 10.0. The van der Waals surface area contributed by atoms with Crippen LogP contribution in [0.15, 0.2) is 12.1 Å². The van der Waals surface area contributed by atoms with Gasteiger partial charge in [-0.1, -0.05) is 11.6 Å². The molecule has 1 aromatic carbocycles. The minimum absolute atomic E-state index is 0.260. The van der Waals surface area contributed by atoms with Crippen LogP contribution < -0.4 is 20.5 Å². The first-order valence-electron chi connectivity index (χ1n) is 6.37. The first-order chi connectivity index (χ1) is 9.34. The third kappa shape index (κ3) is 4.02. The van der Waals surface area contributed by atoms with Gasteiger partial charge in [0.25, 0.3) is 5.91 Å². The maximum absolute atomic E-state index is 12.2. The van der Waals surface area contributed by atoms with E-state index in [-0.39, 0.29) is 5.91 Å². The first kappa shape index (κ1) is 16.6. The molecule has 1 rings (SSSR count). The SMILES string of the molecule is CCOc1c(Cl)cc(C(=O)NC(C)(C)CN)cc1OC. The predicted molar refractivity (Wildman–Crippen MR) is 79.8 cm³/mol.